The Hall–Kier alpha value is -0.750. The molecule has 2 unspecified atom stereocenters. The summed E-state index contributed by atoms with van der Waals surface area (Å²) in [5, 5.41) is 3.21. The summed E-state index contributed by atoms with van der Waals surface area (Å²) in [6.45, 7) is 3.93. The van der Waals surface area contributed by atoms with Gasteiger partial charge in [-0.15, -0.1) is 0 Å². The van der Waals surface area contributed by atoms with Gasteiger partial charge in [-0.25, -0.2) is 8.78 Å². The molecule has 1 fully saturated rings. The van der Waals surface area contributed by atoms with Gasteiger partial charge in [0.15, 0.2) is 0 Å². The Morgan fingerprint density at radius 2 is 2.22 bits per heavy atom. The zero-order valence-electron chi connectivity index (χ0n) is 11.0. The van der Waals surface area contributed by atoms with E-state index in [1.165, 1.54) is 0 Å². The number of ether oxygens (including phenoxy) is 1. The molecule has 1 rings (SSSR count). The van der Waals surface area contributed by atoms with Crippen molar-refractivity contribution in [3.8, 4) is 0 Å². The summed E-state index contributed by atoms with van der Waals surface area (Å²) in [4.78, 5) is 13.7. The van der Waals surface area contributed by atoms with Crippen molar-refractivity contribution in [2.75, 3.05) is 19.8 Å². The third kappa shape index (κ3) is 4.49. The summed E-state index contributed by atoms with van der Waals surface area (Å²) >= 11 is 0. The quantitative estimate of drug-likeness (QED) is 0.677. The summed E-state index contributed by atoms with van der Waals surface area (Å²) in [5.41, 5.74) is 0. The number of rotatable bonds is 8. The third-order valence-corrected chi connectivity index (χ3v) is 3.06. The van der Waals surface area contributed by atoms with Crippen LogP contribution in [0.5, 0.6) is 0 Å². The summed E-state index contributed by atoms with van der Waals surface area (Å²) in [5.74, 6) is 0.0524. The Bertz CT molecular complexity index is 264. The van der Waals surface area contributed by atoms with Crippen LogP contribution in [0.4, 0.5) is 8.78 Å². The molecule has 1 aliphatic heterocycles. The number of carbonyl (C=O) groups is 1. The Morgan fingerprint density at radius 3 is 2.83 bits per heavy atom. The van der Waals surface area contributed by atoms with E-state index in [4.69, 9.17) is 4.74 Å². The van der Waals surface area contributed by atoms with Gasteiger partial charge in [0.1, 0.15) is 6.61 Å². The van der Waals surface area contributed by atoms with Gasteiger partial charge in [0.2, 0.25) is 5.91 Å². The van der Waals surface area contributed by atoms with Crippen LogP contribution in [0.2, 0.25) is 0 Å². The number of halogens is 2. The van der Waals surface area contributed by atoms with Crippen LogP contribution < -0.4 is 5.32 Å². The van der Waals surface area contributed by atoms with Gasteiger partial charge in [-0.1, -0.05) is 19.8 Å². The van der Waals surface area contributed by atoms with E-state index in [-0.39, 0.29) is 24.7 Å². The van der Waals surface area contributed by atoms with E-state index in [9.17, 15) is 13.6 Å². The fraction of sp³-hybridized carbons (Fsp3) is 0.917. The van der Waals surface area contributed by atoms with E-state index in [0.717, 1.165) is 19.3 Å². The standard InChI is InChI=1S/C12H22F2N2O2/c1-3-4-5-10-12(17)16(9(2)15-10)6-7-18-8-11(13)14/h9-11,15H,3-8H2,1-2H3. The lowest BCUT2D eigenvalue weighted by atomic mass is 10.1. The van der Waals surface area contributed by atoms with Crippen LogP contribution in [0.1, 0.15) is 33.1 Å². The maximum absolute atomic E-state index is 12.0. The first-order valence-electron chi connectivity index (χ1n) is 6.48. The van der Waals surface area contributed by atoms with Crippen molar-refractivity contribution in [3.05, 3.63) is 0 Å². The van der Waals surface area contributed by atoms with Crippen molar-refractivity contribution >= 4 is 5.91 Å². The van der Waals surface area contributed by atoms with E-state index in [2.05, 4.69) is 12.2 Å². The second kappa shape index (κ2) is 7.63. The second-order valence-electron chi connectivity index (χ2n) is 4.54. The lowest BCUT2D eigenvalue weighted by Crippen LogP contribution is -2.37. The Balaban J connectivity index is 2.30. The third-order valence-electron chi connectivity index (χ3n) is 3.06. The molecule has 0 aromatic rings. The summed E-state index contributed by atoms with van der Waals surface area (Å²) < 4.78 is 28.5. The molecule has 18 heavy (non-hydrogen) atoms. The first kappa shape index (κ1) is 15.3. The summed E-state index contributed by atoms with van der Waals surface area (Å²) in [6.07, 6.45) is 0.388. The second-order valence-corrected chi connectivity index (χ2v) is 4.54. The Morgan fingerprint density at radius 1 is 1.50 bits per heavy atom. The number of carbonyl (C=O) groups excluding carboxylic acids is 1. The van der Waals surface area contributed by atoms with Gasteiger partial charge in [-0.3, -0.25) is 10.1 Å². The van der Waals surface area contributed by atoms with Crippen molar-refractivity contribution in [1.82, 2.24) is 10.2 Å². The average Bonchev–Trinajstić information content (AvgIpc) is 2.58. The van der Waals surface area contributed by atoms with Crippen molar-refractivity contribution in [2.45, 2.75) is 51.7 Å². The first-order valence-corrected chi connectivity index (χ1v) is 6.48. The fourth-order valence-corrected chi connectivity index (χ4v) is 2.10. The molecule has 0 aromatic heterocycles. The van der Waals surface area contributed by atoms with Crippen molar-refractivity contribution in [2.24, 2.45) is 0 Å². The van der Waals surface area contributed by atoms with Gasteiger partial charge in [-0.2, -0.15) is 0 Å². The van der Waals surface area contributed by atoms with E-state index < -0.39 is 13.0 Å². The van der Waals surface area contributed by atoms with Crippen LogP contribution >= 0.6 is 0 Å². The first-order chi connectivity index (χ1) is 8.56. The SMILES string of the molecule is CCCCC1NC(C)N(CCOCC(F)F)C1=O. The van der Waals surface area contributed by atoms with Crippen molar-refractivity contribution in [3.63, 3.8) is 0 Å². The van der Waals surface area contributed by atoms with Crippen LogP contribution in [0, 0.1) is 0 Å². The van der Waals surface area contributed by atoms with Gasteiger partial charge in [0.25, 0.3) is 6.43 Å². The highest BCUT2D eigenvalue weighted by atomic mass is 19.3. The van der Waals surface area contributed by atoms with Gasteiger partial charge >= 0.3 is 0 Å². The van der Waals surface area contributed by atoms with Crippen LogP contribution in [0.15, 0.2) is 0 Å². The monoisotopic (exact) mass is 264 g/mol. The maximum Gasteiger partial charge on any atom is 0.261 e. The fourth-order valence-electron chi connectivity index (χ4n) is 2.10. The molecule has 2 atom stereocenters. The summed E-state index contributed by atoms with van der Waals surface area (Å²) in [6, 6.07) is -0.130. The van der Waals surface area contributed by atoms with Crippen molar-refractivity contribution < 1.29 is 18.3 Å². The molecule has 0 saturated carbocycles. The highest BCUT2D eigenvalue weighted by Crippen LogP contribution is 2.14. The summed E-state index contributed by atoms with van der Waals surface area (Å²) in [7, 11) is 0. The molecule has 1 heterocycles. The molecule has 0 aromatic carbocycles. The minimum absolute atomic E-state index is 0.0468. The van der Waals surface area contributed by atoms with Gasteiger partial charge in [-0.05, 0) is 13.3 Å². The van der Waals surface area contributed by atoms with Crippen LogP contribution in [-0.2, 0) is 9.53 Å². The normalized spacial score (nSPS) is 24.3. The lowest BCUT2D eigenvalue weighted by molar-refractivity contribution is -0.130. The topological polar surface area (TPSA) is 41.6 Å². The van der Waals surface area contributed by atoms with Crippen LogP contribution in [-0.4, -0.2) is 49.2 Å². The van der Waals surface area contributed by atoms with E-state index in [0.29, 0.717) is 6.54 Å². The van der Waals surface area contributed by atoms with E-state index in [1.807, 2.05) is 6.92 Å². The minimum atomic E-state index is -2.45. The molecule has 4 nitrogen and oxygen atoms in total. The molecule has 1 aliphatic rings. The average molecular weight is 264 g/mol. The predicted octanol–water partition coefficient (Wildman–Crippen LogP) is 1.60. The van der Waals surface area contributed by atoms with Gasteiger partial charge < -0.3 is 9.64 Å². The molecule has 0 radical (unpaired) electrons. The molecule has 6 heteroatoms. The minimum Gasteiger partial charge on any atom is -0.374 e. The number of unbranched alkanes of at least 4 members (excludes halogenated alkanes) is 1. The van der Waals surface area contributed by atoms with Crippen molar-refractivity contribution in [1.29, 1.82) is 0 Å². The number of nitrogens with zero attached hydrogens (tertiary/aromatic N) is 1. The maximum atomic E-state index is 12.0. The molecule has 1 saturated heterocycles. The highest BCUT2D eigenvalue weighted by molar-refractivity contribution is 5.84. The van der Waals surface area contributed by atoms with E-state index in [1.54, 1.807) is 4.90 Å². The van der Waals surface area contributed by atoms with E-state index >= 15 is 0 Å². The number of hydrogen-bond donors (Lipinski definition) is 1. The lowest BCUT2D eigenvalue weighted by Gasteiger charge is -2.20. The highest BCUT2D eigenvalue weighted by Gasteiger charge is 2.35. The van der Waals surface area contributed by atoms with Gasteiger partial charge in [0.05, 0.1) is 18.8 Å². The number of nitrogens with one attached hydrogen (secondary N) is 1. The molecule has 0 bridgehead atoms. The predicted molar refractivity (Wildman–Crippen MR) is 64.4 cm³/mol. The number of amides is 1. The zero-order valence-corrected chi connectivity index (χ0v) is 11.0. The largest absolute Gasteiger partial charge is 0.374 e. The molecular formula is C12H22F2N2O2. The molecule has 1 amide bonds. The van der Waals surface area contributed by atoms with Crippen LogP contribution in [0.25, 0.3) is 0 Å². The molecule has 1 N–H and O–H groups in total. The molecule has 106 valence electrons. The number of hydrogen-bond acceptors (Lipinski definition) is 3. The number of alkyl halides is 2. The van der Waals surface area contributed by atoms with Crippen LogP contribution in [0.3, 0.4) is 0 Å². The Kier molecular flexibility index (Phi) is 6.49. The molecular weight excluding hydrogens is 242 g/mol. The smallest absolute Gasteiger partial charge is 0.261 e. The zero-order chi connectivity index (χ0) is 13.5. The Labute approximate surface area is 107 Å². The molecule has 0 aliphatic carbocycles. The van der Waals surface area contributed by atoms with Gasteiger partial charge in [0, 0.05) is 6.54 Å². The molecule has 0 spiro atoms.